The SMILES string of the molecule is CC(=O)N[C@@H](CNC(=O)C(C)(C)C)C(=O)NCCCCC(CO)COP(=O)(O)OCCOCCOCCOP(=O)(O)OS. The average molecular weight is 684 g/mol. The van der Waals surface area contributed by atoms with E-state index in [9.17, 15) is 33.5 Å². The van der Waals surface area contributed by atoms with Crippen molar-refractivity contribution >= 4 is 46.3 Å². The van der Waals surface area contributed by atoms with Crippen LogP contribution in [0.1, 0.15) is 47.0 Å². The van der Waals surface area contributed by atoms with E-state index >= 15 is 0 Å². The molecule has 254 valence electrons. The fourth-order valence-electron chi connectivity index (χ4n) is 3.04. The number of ether oxygens (including phenoxy) is 2. The van der Waals surface area contributed by atoms with E-state index < -0.39 is 44.8 Å². The second kappa shape index (κ2) is 22.4. The normalized spacial score (nSPS) is 16.0. The van der Waals surface area contributed by atoms with Crippen molar-refractivity contribution in [2.24, 2.45) is 11.3 Å². The Bertz CT molecular complexity index is 924. The lowest BCUT2D eigenvalue weighted by Gasteiger charge is -2.22. The van der Waals surface area contributed by atoms with E-state index in [1.54, 1.807) is 20.8 Å². The Balaban J connectivity index is 4.15. The first-order chi connectivity index (χ1) is 20.0. The molecule has 0 spiro atoms. The van der Waals surface area contributed by atoms with Gasteiger partial charge in [-0.1, -0.05) is 27.2 Å². The van der Waals surface area contributed by atoms with Crippen molar-refractivity contribution in [2.45, 2.75) is 53.0 Å². The molecule has 4 atom stereocenters. The summed E-state index contributed by atoms with van der Waals surface area (Å²) >= 11 is 3.20. The maximum absolute atomic E-state index is 12.5. The fraction of sp³-hybridized carbons (Fsp3) is 0.870. The number of nitrogens with one attached hydrogen (secondary N) is 3. The second-order valence-electron chi connectivity index (χ2n) is 10.3. The second-order valence-corrected chi connectivity index (χ2v) is 13.6. The minimum Gasteiger partial charge on any atom is -0.396 e. The van der Waals surface area contributed by atoms with Crippen LogP contribution in [-0.4, -0.2) is 105 Å². The summed E-state index contributed by atoms with van der Waals surface area (Å²) in [6, 6.07) is -0.936. The zero-order chi connectivity index (χ0) is 32.9. The molecule has 0 heterocycles. The van der Waals surface area contributed by atoms with Crippen molar-refractivity contribution in [2.75, 3.05) is 65.9 Å². The van der Waals surface area contributed by atoms with Crippen molar-refractivity contribution < 1.29 is 65.4 Å². The molecule has 0 rings (SSSR count). The van der Waals surface area contributed by atoms with Crippen LogP contribution in [0.25, 0.3) is 0 Å². The smallest absolute Gasteiger partial charge is 0.396 e. The van der Waals surface area contributed by atoms with Gasteiger partial charge in [0, 0.05) is 38.0 Å². The average Bonchev–Trinajstić information content (AvgIpc) is 2.92. The van der Waals surface area contributed by atoms with E-state index in [0.29, 0.717) is 19.3 Å². The molecule has 20 heteroatoms. The largest absolute Gasteiger partial charge is 0.483 e. The zero-order valence-electron chi connectivity index (χ0n) is 25.0. The molecular formula is C23H47N3O14P2S. The molecule has 0 radical (unpaired) electrons. The highest BCUT2D eigenvalue weighted by atomic mass is 32.1. The van der Waals surface area contributed by atoms with Crippen molar-refractivity contribution in [1.29, 1.82) is 0 Å². The number of aliphatic hydroxyl groups excluding tert-OH is 1. The maximum atomic E-state index is 12.5. The third kappa shape index (κ3) is 22.9. The quantitative estimate of drug-likeness (QED) is 0.0304. The number of thiol groups is 1. The van der Waals surface area contributed by atoms with Gasteiger partial charge in [0.2, 0.25) is 17.7 Å². The van der Waals surface area contributed by atoms with Gasteiger partial charge >= 0.3 is 15.6 Å². The summed E-state index contributed by atoms with van der Waals surface area (Å²) in [5.41, 5.74) is -0.649. The highest BCUT2D eigenvalue weighted by Crippen LogP contribution is 2.44. The molecule has 0 aliphatic carbocycles. The zero-order valence-corrected chi connectivity index (χ0v) is 27.7. The van der Waals surface area contributed by atoms with Crippen LogP contribution in [0.3, 0.4) is 0 Å². The molecule has 0 aromatic carbocycles. The molecule has 0 fully saturated rings. The van der Waals surface area contributed by atoms with E-state index in [-0.39, 0.29) is 71.9 Å². The summed E-state index contributed by atoms with van der Waals surface area (Å²) in [6.07, 6.45) is 1.52. The summed E-state index contributed by atoms with van der Waals surface area (Å²) in [5, 5.41) is 17.4. The molecular weight excluding hydrogens is 636 g/mol. The van der Waals surface area contributed by atoms with Gasteiger partial charge in [0.05, 0.1) is 46.2 Å². The molecule has 0 aromatic heterocycles. The van der Waals surface area contributed by atoms with Crippen molar-refractivity contribution in [3.05, 3.63) is 0 Å². The van der Waals surface area contributed by atoms with E-state index in [0.717, 1.165) is 0 Å². The fourth-order valence-corrected chi connectivity index (χ4v) is 4.31. The number of amides is 3. The van der Waals surface area contributed by atoms with Crippen molar-refractivity contribution in [3.8, 4) is 0 Å². The van der Waals surface area contributed by atoms with E-state index in [4.69, 9.17) is 23.4 Å². The van der Waals surface area contributed by atoms with Gasteiger partial charge in [-0.15, -0.1) is 0 Å². The molecule has 0 aliphatic heterocycles. The predicted molar refractivity (Wildman–Crippen MR) is 157 cm³/mol. The molecule has 43 heavy (non-hydrogen) atoms. The van der Waals surface area contributed by atoms with Crippen LogP contribution in [-0.2, 0) is 50.5 Å². The molecule has 0 saturated carbocycles. The summed E-state index contributed by atoms with van der Waals surface area (Å²) in [6.45, 7) is 5.92. The maximum Gasteiger partial charge on any atom is 0.483 e. The van der Waals surface area contributed by atoms with Gasteiger partial charge in [-0.25, -0.2) is 13.1 Å². The number of rotatable bonds is 25. The van der Waals surface area contributed by atoms with E-state index in [1.165, 1.54) is 6.92 Å². The van der Waals surface area contributed by atoms with E-state index in [1.807, 2.05) is 0 Å². The summed E-state index contributed by atoms with van der Waals surface area (Å²) in [5.74, 6) is -1.57. The summed E-state index contributed by atoms with van der Waals surface area (Å²) in [4.78, 5) is 54.8. The molecule has 17 nitrogen and oxygen atoms in total. The topological polar surface area (TPSA) is 238 Å². The van der Waals surface area contributed by atoms with Crippen molar-refractivity contribution in [3.63, 3.8) is 0 Å². The van der Waals surface area contributed by atoms with Crippen LogP contribution in [0.2, 0.25) is 0 Å². The number of carbonyl (C=O) groups excluding carboxylic acids is 3. The van der Waals surface area contributed by atoms with Crippen LogP contribution in [0, 0.1) is 11.3 Å². The molecule has 3 amide bonds. The predicted octanol–water partition coefficient (Wildman–Crippen LogP) is 0.694. The monoisotopic (exact) mass is 683 g/mol. The van der Waals surface area contributed by atoms with Crippen molar-refractivity contribution in [1.82, 2.24) is 16.0 Å². The highest BCUT2D eigenvalue weighted by molar-refractivity contribution is 7.80. The number of hydrogen-bond donors (Lipinski definition) is 7. The van der Waals surface area contributed by atoms with Gasteiger partial charge < -0.3 is 40.3 Å². The van der Waals surface area contributed by atoms with Gasteiger partial charge in [-0.3, -0.25) is 28.0 Å². The lowest BCUT2D eigenvalue weighted by atomic mass is 9.95. The van der Waals surface area contributed by atoms with Crippen LogP contribution in [0.4, 0.5) is 0 Å². The van der Waals surface area contributed by atoms with Crippen LogP contribution < -0.4 is 16.0 Å². The molecule has 6 N–H and O–H groups in total. The van der Waals surface area contributed by atoms with Crippen LogP contribution in [0.5, 0.6) is 0 Å². The van der Waals surface area contributed by atoms with Gasteiger partial charge in [0.25, 0.3) is 0 Å². The lowest BCUT2D eigenvalue weighted by Crippen LogP contribution is -2.53. The minimum absolute atomic E-state index is 0.000301. The number of aliphatic hydroxyl groups is 1. The van der Waals surface area contributed by atoms with E-state index in [2.05, 4.69) is 37.4 Å². The Morgan fingerprint density at radius 1 is 0.860 bits per heavy atom. The highest BCUT2D eigenvalue weighted by Gasteiger charge is 2.26. The van der Waals surface area contributed by atoms with Gasteiger partial charge in [0.15, 0.2) is 0 Å². The number of hydrogen-bond acceptors (Lipinski definition) is 13. The van der Waals surface area contributed by atoms with Crippen LogP contribution in [0.15, 0.2) is 0 Å². The first kappa shape index (κ1) is 41.9. The number of phosphoric acid groups is 2. The van der Waals surface area contributed by atoms with Gasteiger partial charge in [-0.05, 0) is 25.8 Å². The Hall–Kier alpha value is -1.14. The first-order valence-corrected chi connectivity index (χ1v) is 16.9. The third-order valence-electron chi connectivity index (χ3n) is 5.35. The first-order valence-electron chi connectivity index (χ1n) is 13.5. The molecule has 0 aromatic rings. The standard InChI is InChI=1S/C23H47N3O14P2S/c1-18(28)26-20(15-25-22(30)23(2,3)4)21(29)24-8-6-5-7-19(16-27)17-39-41(31,32)37-13-11-35-9-10-36-12-14-38-42(33,34)40-43/h19-20,27,43H,5-17H2,1-4H3,(H,24,29)(H,25,30)(H,26,28)(H,31,32)(H,33,34)/t19?,20-/m0/s1. The van der Waals surface area contributed by atoms with Gasteiger partial charge in [0.1, 0.15) is 6.04 Å². The number of unbranched alkanes of at least 4 members (excludes halogenated alkanes) is 1. The third-order valence-corrected chi connectivity index (χ3v) is 7.67. The lowest BCUT2D eigenvalue weighted by molar-refractivity contribution is -0.130. The Labute approximate surface area is 257 Å². The molecule has 3 unspecified atom stereocenters. The van der Waals surface area contributed by atoms with Gasteiger partial charge in [-0.2, -0.15) is 0 Å². The Morgan fingerprint density at radius 2 is 1.42 bits per heavy atom. The molecule has 0 saturated heterocycles. The summed E-state index contributed by atoms with van der Waals surface area (Å²) < 4.78 is 51.6. The number of carbonyl (C=O) groups is 3. The van der Waals surface area contributed by atoms with Crippen LogP contribution >= 0.6 is 28.6 Å². The Morgan fingerprint density at radius 3 is 1.93 bits per heavy atom. The molecule has 0 bridgehead atoms. The molecule has 0 aliphatic rings. The Kier molecular flexibility index (Phi) is 21.8. The number of phosphoric ester groups is 2. The minimum atomic E-state index is -4.38. The summed E-state index contributed by atoms with van der Waals surface area (Å²) in [7, 11) is -8.56.